The van der Waals surface area contributed by atoms with Gasteiger partial charge >= 0.3 is 6.09 Å². The zero-order valence-electron chi connectivity index (χ0n) is 22.3. The smallest absolute Gasteiger partial charge is 0.410 e. The van der Waals surface area contributed by atoms with E-state index >= 15 is 0 Å². The standard InChI is InChI=1S/C28H35N3O5S/c1-28(2,3)36-27(32)31-12-11-20(19-14-29-26(37-6)30-15-19)24(16-31)35-17-18-13-23(33-4)21-9-7-8-10-22(21)25(18)34-5/h7-10,13-15,20,24H,11-12,16-17H2,1-6H3. The number of ether oxygens (including phenoxy) is 4. The third kappa shape index (κ3) is 6.27. The Kier molecular flexibility index (Phi) is 8.44. The summed E-state index contributed by atoms with van der Waals surface area (Å²) in [5.41, 5.74) is 1.30. The van der Waals surface area contributed by atoms with Gasteiger partial charge in [-0.25, -0.2) is 14.8 Å². The summed E-state index contributed by atoms with van der Waals surface area (Å²) in [4.78, 5) is 23.5. The van der Waals surface area contributed by atoms with E-state index in [0.29, 0.717) is 19.5 Å². The minimum Gasteiger partial charge on any atom is -0.496 e. The second-order valence-corrected chi connectivity index (χ2v) is 10.8. The molecule has 0 aliphatic carbocycles. The predicted molar refractivity (Wildman–Crippen MR) is 145 cm³/mol. The highest BCUT2D eigenvalue weighted by molar-refractivity contribution is 7.98. The summed E-state index contributed by atoms with van der Waals surface area (Å²) in [6.07, 6.45) is 5.77. The molecule has 0 bridgehead atoms. The lowest BCUT2D eigenvalue weighted by molar-refractivity contribution is -0.0364. The molecule has 0 spiro atoms. The minimum atomic E-state index is -0.569. The number of benzene rings is 2. The van der Waals surface area contributed by atoms with Crippen molar-refractivity contribution in [3.05, 3.63) is 53.9 Å². The average Bonchev–Trinajstić information content (AvgIpc) is 2.90. The van der Waals surface area contributed by atoms with E-state index in [1.807, 2.05) is 69.8 Å². The molecule has 1 fully saturated rings. The molecule has 0 N–H and O–H groups in total. The Balaban J connectivity index is 1.62. The van der Waals surface area contributed by atoms with Crippen molar-refractivity contribution in [2.24, 2.45) is 0 Å². The molecule has 2 aromatic carbocycles. The quantitative estimate of drug-likeness (QED) is 0.288. The minimum absolute atomic E-state index is 0.0305. The van der Waals surface area contributed by atoms with Crippen LogP contribution in [-0.4, -0.2) is 66.2 Å². The number of piperidine rings is 1. The fourth-order valence-electron chi connectivity index (χ4n) is 4.67. The molecule has 2 atom stereocenters. The van der Waals surface area contributed by atoms with Gasteiger partial charge in [0.2, 0.25) is 0 Å². The number of fused-ring (bicyclic) bond motifs is 1. The molecular formula is C28H35N3O5S. The first kappa shape index (κ1) is 27.0. The van der Waals surface area contributed by atoms with Crippen LogP contribution in [0.5, 0.6) is 11.5 Å². The SMILES string of the molecule is COc1cc(COC2CN(C(=O)OC(C)(C)C)CCC2c2cnc(SC)nc2)c(OC)c2ccccc12. The van der Waals surface area contributed by atoms with E-state index in [1.54, 1.807) is 19.1 Å². The topological polar surface area (TPSA) is 83.0 Å². The maximum absolute atomic E-state index is 12.9. The summed E-state index contributed by atoms with van der Waals surface area (Å²) in [6.45, 7) is 6.87. The highest BCUT2D eigenvalue weighted by atomic mass is 32.2. The van der Waals surface area contributed by atoms with Gasteiger partial charge in [-0.15, -0.1) is 0 Å². The molecule has 1 amide bonds. The van der Waals surface area contributed by atoms with Crippen molar-refractivity contribution in [2.45, 2.75) is 56.6 Å². The van der Waals surface area contributed by atoms with Gasteiger partial charge in [-0.3, -0.25) is 0 Å². The van der Waals surface area contributed by atoms with Crippen LogP contribution in [0, 0.1) is 0 Å². The first-order chi connectivity index (χ1) is 17.7. The number of amides is 1. The molecular weight excluding hydrogens is 490 g/mol. The van der Waals surface area contributed by atoms with Crippen molar-refractivity contribution in [1.82, 2.24) is 14.9 Å². The van der Waals surface area contributed by atoms with Gasteiger partial charge in [-0.05, 0) is 45.1 Å². The monoisotopic (exact) mass is 525 g/mol. The number of carbonyl (C=O) groups excluding carboxylic acids is 1. The number of methoxy groups -OCH3 is 2. The molecule has 9 heteroatoms. The number of carbonyl (C=O) groups is 1. The van der Waals surface area contributed by atoms with Crippen LogP contribution in [0.15, 0.2) is 47.9 Å². The number of aromatic nitrogens is 2. The Morgan fingerprint density at radius 1 is 1.11 bits per heavy atom. The molecule has 2 unspecified atom stereocenters. The Morgan fingerprint density at radius 3 is 2.43 bits per heavy atom. The van der Waals surface area contributed by atoms with Gasteiger partial charge < -0.3 is 23.8 Å². The number of rotatable bonds is 7. The van der Waals surface area contributed by atoms with E-state index in [-0.39, 0.29) is 24.7 Å². The highest BCUT2D eigenvalue weighted by Crippen LogP contribution is 2.38. The molecule has 4 rings (SSSR count). The molecule has 37 heavy (non-hydrogen) atoms. The summed E-state index contributed by atoms with van der Waals surface area (Å²) in [7, 11) is 3.32. The molecule has 198 valence electrons. The highest BCUT2D eigenvalue weighted by Gasteiger charge is 2.35. The fourth-order valence-corrected chi connectivity index (χ4v) is 4.98. The van der Waals surface area contributed by atoms with E-state index in [0.717, 1.165) is 38.6 Å². The number of hydrogen-bond acceptors (Lipinski definition) is 8. The molecule has 0 radical (unpaired) electrons. The Morgan fingerprint density at radius 2 is 1.81 bits per heavy atom. The maximum Gasteiger partial charge on any atom is 0.410 e. The summed E-state index contributed by atoms with van der Waals surface area (Å²) >= 11 is 1.50. The van der Waals surface area contributed by atoms with E-state index < -0.39 is 5.60 Å². The lowest BCUT2D eigenvalue weighted by Crippen LogP contribution is -2.48. The van der Waals surface area contributed by atoms with Crippen molar-refractivity contribution in [1.29, 1.82) is 0 Å². The molecule has 2 heterocycles. The summed E-state index contributed by atoms with van der Waals surface area (Å²) in [5.74, 6) is 1.54. The first-order valence-corrected chi connectivity index (χ1v) is 13.5. The third-order valence-electron chi connectivity index (χ3n) is 6.38. The zero-order chi connectivity index (χ0) is 26.6. The molecule has 0 saturated carbocycles. The average molecular weight is 526 g/mol. The molecule has 8 nitrogen and oxygen atoms in total. The Bertz CT molecular complexity index is 1230. The van der Waals surface area contributed by atoms with E-state index in [2.05, 4.69) is 9.97 Å². The van der Waals surface area contributed by atoms with Gasteiger partial charge in [0.25, 0.3) is 0 Å². The van der Waals surface area contributed by atoms with Gasteiger partial charge in [0, 0.05) is 41.2 Å². The lowest BCUT2D eigenvalue weighted by atomic mass is 9.88. The third-order valence-corrected chi connectivity index (χ3v) is 6.96. The lowest BCUT2D eigenvalue weighted by Gasteiger charge is -2.39. The molecule has 1 aliphatic heterocycles. The maximum atomic E-state index is 12.9. The van der Waals surface area contributed by atoms with Crippen molar-refractivity contribution in [3.63, 3.8) is 0 Å². The van der Waals surface area contributed by atoms with Crippen LogP contribution in [-0.2, 0) is 16.1 Å². The van der Waals surface area contributed by atoms with E-state index in [4.69, 9.17) is 18.9 Å². The molecule has 1 aromatic heterocycles. The van der Waals surface area contributed by atoms with E-state index in [1.165, 1.54) is 11.8 Å². The van der Waals surface area contributed by atoms with Crippen LogP contribution in [0.2, 0.25) is 0 Å². The van der Waals surface area contributed by atoms with Gasteiger partial charge in [-0.2, -0.15) is 0 Å². The largest absolute Gasteiger partial charge is 0.496 e. The fraction of sp³-hybridized carbons (Fsp3) is 0.464. The van der Waals surface area contributed by atoms with Crippen LogP contribution in [0.25, 0.3) is 10.8 Å². The van der Waals surface area contributed by atoms with Crippen LogP contribution in [0.3, 0.4) is 0 Å². The number of nitrogens with zero attached hydrogens (tertiary/aromatic N) is 3. The normalized spacial score (nSPS) is 18.1. The Labute approximate surface area is 222 Å². The molecule has 3 aromatic rings. The second kappa shape index (κ2) is 11.6. The zero-order valence-corrected chi connectivity index (χ0v) is 23.1. The van der Waals surface area contributed by atoms with Gasteiger partial charge in [0.05, 0.1) is 33.5 Å². The number of thioether (sulfide) groups is 1. The van der Waals surface area contributed by atoms with Crippen molar-refractivity contribution in [2.75, 3.05) is 33.6 Å². The molecule has 1 aliphatic rings. The van der Waals surface area contributed by atoms with Crippen molar-refractivity contribution < 1.29 is 23.7 Å². The van der Waals surface area contributed by atoms with Crippen molar-refractivity contribution in [3.8, 4) is 11.5 Å². The van der Waals surface area contributed by atoms with Gasteiger partial charge in [-0.1, -0.05) is 36.0 Å². The predicted octanol–water partition coefficient (Wildman–Crippen LogP) is 5.68. The van der Waals surface area contributed by atoms with Crippen LogP contribution in [0.4, 0.5) is 4.79 Å². The van der Waals surface area contributed by atoms with Crippen LogP contribution >= 0.6 is 11.8 Å². The van der Waals surface area contributed by atoms with Crippen molar-refractivity contribution >= 4 is 28.6 Å². The summed E-state index contributed by atoms with van der Waals surface area (Å²) < 4.78 is 23.7. The summed E-state index contributed by atoms with van der Waals surface area (Å²) in [5, 5.41) is 2.66. The Hall–Kier alpha value is -3.04. The van der Waals surface area contributed by atoms with Gasteiger partial charge in [0.1, 0.15) is 17.1 Å². The summed E-state index contributed by atoms with van der Waals surface area (Å²) in [6, 6.07) is 9.93. The van der Waals surface area contributed by atoms with Crippen LogP contribution < -0.4 is 9.47 Å². The van der Waals surface area contributed by atoms with Crippen LogP contribution in [0.1, 0.15) is 44.2 Å². The van der Waals surface area contributed by atoms with Gasteiger partial charge in [0.15, 0.2) is 5.16 Å². The van der Waals surface area contributed by atoms with E-state index in [9.17, 15) is 4.79 Å². The molecule has 1 saturated heterocycles. The second-order valence-electron chi connectivity index (χ2n) is 9.99. The number of likely N-dealkylation sites (tertiary alicyclic amines) is 1. The number of hydrogen-bond donors (Lipinski definition) is 0. The first-order valence-electron chi connectivity index (χ1n) is 12.3.